The van der Waals surface area contributed by atoms with Gasteiger partial charge in [-0.3, -0.25) is 4.90 Å². The number of hydrogen-bond donors (Lipinski definition) is 1. The molecule has 4 heteroatoms. The summed E-state index contributed by atoms with van der Waals surface area (Å²) < 4.78 is 14.5. The Morgan fingerprint density at radius 1 is 1.50 bits per heavy atom. The zero-order valence-electron chi connectivity index (χ0n) is 9.13. The van der Waals surface area contributed by atoms with Gasteiger partial charge in [-0.2, -0.15) is 0 Å². The third-order valence-electron chi connectivity index (χ3n) is 2.99. The van der Waals surface area contributed by atoms with Crippen molar-refractivity contribution in [2.45, 2.75) is 25.4 Å². The van der Waals surface area contributed by atoms with Gasteiger partial charge in [0, 0.05) is 29.2 Å². The monoisotopic (exact) mass is 286 g/mol. The molecule has 1 saturated heterocycles. The van der Waals surface area contributed by atoms with Crippen LogP contribution in [0.1, 0.15) is 18.4 Å². The largest absolute Gasteiger partial charge is 0.327 e. The lowest BCUT2D eigenvalue weighted by Crippen LogP contribution is -2.42. The minimum Gasteiger partial charge on any atom is -0.327 e. The van der Waals surface area contributed by atoms with Crippen molar-refractivity contribution in [2.24, 2.45) is 5.73 Å². The summed E-state index contributed by atoms with van der Waals surface area (Å²) >= 11 is 3.39. The minimum atomic E-state index is -0.145. The van der Waals surface area contributed by atoms with Crippen molar-refractivity contribution < 1.29 is 4.39 Å². The maximum atomic E-state index is 13.6. The number of nitrogens with zero attached hydrogens (tertiary/aromatic N) is 1. The zero-order chi connectivity index (χ0) is 11.5. The molecule has 1 aliphatic heterocycles. The van der Waals surface area contributed by atoms with E-state index in [0.29, 0.717) is 6.54 Å². The molecule has 0 aromatic heterocycles. The maximum absolute atomic E-state index is 13.6. The molecule has 0 amide bonds. The third-order valence-corrected chi connectivity index (χ3v) is 3.73. The predicted octanol–water partition coefficient (Wildman–Crippen LogP) is 2.51. The lowest BCUT2D eigenvalue weighted by molar-refractivity contribution is 0.199. The molecule has 1 aromatic carbocycles. The zero-order valence-corrected chi connectivity index (χ0v) is 10.7. The van der Waals surface area contributed by atoms with Gasteiger partial charge in [-0.1, -0.05) is 22.0 Å². The van der Waals surface area contributed by atoms with Crippen LogP contribution in [0.4, 0.5) is 4.39 Å². The molecule has 88 valence electrons. The van der Waals surface area contributed by atoms with Gasteiger partial charge < -0.3 is 5.73 Å². The first-order chi connectivity index (χ1) is 7.66. The number of piperidine rings is 1. The molecule has 2 rings (SSSR count). The SMILES string of the molecule is N[C@H]1CCCN(Cc2c(F)cccc2Br)C1. The van der Waals surface area contributed by atoms with Crippen LogP contribution in [0.15, 0.2) is 22.7 Å². The van der Waals surface area contributed by atoms with Crippen LogP contribution in [0.3, 0.4) is 0 Å². The van der Waals surface area contributed by atoms with E-state index >= 15 is 0 Å². The van der Waals surface area contributed by atoms with E-state index in [1.165, 1.54) is 6.07 Å². The maximum Gasteiger partial charge on any atom is 0.128 e. The van der Waals surface area contributed by atoms with Crippen LogP contribution in [0.2, 0.25) is 0 Å². The number of hydrogen-bond acceptors (Lipinski definition) is 2. The summed E-state index contributed by atoms with van der Waals surface area (Å²) in [6.07, 6.45) is 2.18. The Balaban J connectivity index is 2.08. The Morgan fingerprint density at radius 2 is 2.31 bits per heavy atom. The number of rotatable bonds is 2. The second kappa shape index (κ2) is 5.25. The summed E-state index contributed by atoms with van der Waals surface area (Å²) in [5, 5.41) is 0. The second-order valence-electron chi connectivity index (χ2n) is 4.34. The standard InChI is InChI=1S/C12H16BrFN2/c13-11-4-1-5-12(14)10(11)8-16-6-2-3-9(15)7-16/h1,4-5,9H,2-3,6-8,15H2/t9-/m0/s1. The molecule has 2 N–H and O–H groups in total. The van der Waals surface area contributed by atoms with E-state index in [-0.39, 0.29) is 11.9 Å². The summed E-state index contributed by atoms with van der Waals surface area (Å²) in [6, 6.07) is 5.33. The van der Waals surface area contributed by atoms with Crippen molar-refractivity contribution >= 4 is 15.9 Å². The number of halogens is 2. The minimum absolute atomic E-state index is 0.145. The third kappa shape index (κ3) is 2.81. The Labute approximate surface area is 104 Å². The van der Waals surface area contributed by atoms with Crippen LogP contribution in [0, 0.1) is 5.82 Å². The molecule has 2 nitrogen and oxygen atoms in total. The first kappa shape index (κ1) is 12.0. The predicted molar refractivity (Wildman–Crippen MR) is 66.6 cm³/mol. The Hall–Kier alpha value is -0.450. The molecular formula is C12H16BrFN2. The number of nitrogens with two attached hydrogens (primary N) is 1. The Bertz CT molecular complexity index is 350. The van der Waals surface area contributed by atoms with E-state index < -0.39 is 0 Å². The highest BCUT2D eigenvalue weighted by Crippen LogP contribution is 2.22. The van der Waals surface area contributed by atoms with Crippen molar-refractivity contribution in [3.05, 3.63) is 34.1 Å². The van der Waals surface area contributed by atoms with E-state index in [2.05, 4.69) is 20.8 Å². The lowest BCUT2D eigenvalue weighted by Gasteiger charge is -2.30. The van der Waals surface area contributed by atoms with Crippen LogP contribution in [-0.4, -0.2) is 24.0 Å². The molecule has 0 spiro atoms. The van der Waals surface area contributed by atoms with Crippen LogP contribution in [-0.2, 0) is 6.54 Å². The summed E-state index contributed by atoms with van der Waals surface area (Å²) in [6.45, 7) is 2.51. The fourth-order valence-corrected chi connectivity index (χ4v) is 2.61. The summed E-state index contributed by atoms with van der Waals surface area (Å²) in [5.74, 6) is -0.145. The van der Waals surface area contributed by atoms with Crippen LogP contribution in [0.5, 0.6) is 0 Å². The lowest BCUT2D eigenvalue weighted by atomic mass is 10.1. The van der Waals surface area contributed by atoms with Gasteiger partial charge in [0.15, 0.2) is 0 Å². The second-order valence-corrected chi connectivity index (χ2v) is 5.19. The van der Waals surface area contributed by atoms with Gasteiger partial charge in [-0.25, -0.2) is 4.39 Å². The average Bonchev–Trinajstić information content (AvgIpc) is 2.24. The van der Waals surface area contributed by atoms with E-state index in [4.69, 9.17) is 5.73 Å². The molecule has 1 aromatic rings. The van der Waals surface area contributed by atoms with E-state index in [1.54, 1.807) is 6.07 Å². The smallest absolute Gasteiger partial charge is 0.128 e. The molecule has 0 aliphatic carbocycles. The van der Waals surface area contributed by atoms with E-state index in [9.17, 15) is 4.39 Å². The molecule has 0 radical (unpaired) electrons. The Morgan fingerprint density at radius 3 is 3.00 bits per heavy atom. The Kier molecular flexibility index (Phi) is 3.95. The molecule has 1 atom stereocenters. The summed E-state index contributed by atoms with van der Waals surface area (Å²) in [7, 11) is 0. The summed E-state index contributed by atoms with van der Waals surface area (Å²) in [4.78, 5) is 2.22. The molecule has 1 aliphatic rings. The van der Waals surface area contributed by atoms with E-state index in [0.717, 1.165) is 36.0 Å². The molecular weight excluding hydrogens is 271 g/mol. The van der Waals surface area contributed by atoms with Gasteiger partial charge in [0.05, 0.1) is 0 Å². The molecule has 16 heavy (non-hydrogen) atoms. The first-order valence-corrected chi connectivity index (χ1v) is 6.37. The van der Waals surface area contributed by atoms with Crippen molar-refractivity contribution in [3.63, 3.8) is 0 Å². The highest BCUT2D eigenvalue weighted by atomic mass is 79.9. The molecule has 0 saturated carbocycles. The fourth-order valence-electron chi connectivity index (χ4n) is 2.14. The van der Waals surface area contributed by atoms with E-state index in [1.807, 2.05) is 6.07 Å². The summed E-state index contributed by atoms with van der Waals surface area (Å²) in [5.41, 5.74) is 6.64. The molecule has 0 bridgehead atoms. The molecule has 0 unspecified atom stereocenters. The first-order valence-electron chi connectivity index (χ1n) is 5.57. The van der Waals surface area contributed by atoms with Gasteiger partial charge in [-0.15, -0.1) is 0 Å². The highest BCUT2D eigenvalue weighted by molar-refractivity contribution is 9.10. The van der Waals surface area contributed by atoms with Gasteiger partial charge >= 0.3 is 0 Å². The van der Waals surface area contributed by atoms with Gasteiger partial charge in [0.25, 0.3) is 0 Å². The van der Waals surface area contributed by atoms with Crippen LogP contribution < -0.4 is 5.73 Å². The molecule has 1 heterocycles. The quantitative estimate of drug-likeness (QED) is 0.905. The highest BCUT2D eigenvalue weighted by Gasteiger charge is 2.18. The van der Waals surface area contributed by atoms with Crippen molar-refractivity contribution in [1.29, 1.82) is 0 Å². The average molecular weight is 287 g/mol. The number of likely N-dealkylation sites (tertiary alicyclic amines) is 1. The van der Waals surface area contributed by atoms with Crippen LogP contribution >= 0.6 is 15.9 Å². The molecule has 1 fully saturated rings. The van der Waals surface area contributed by atoms with Gasteiger partial charge in [-0.05, 0) is 31.5 Å². The van der Waals surface area contributed by atoms with Crippen LogP contribution in [0.25, 0.3) is 0 Å². The topological polar surface area (TPSA) is 29.3 Å². The van der Waals surface area contributed by atoms with Gasteiger partial charge in [0.1, 0.15) is 5.82 Å². The van der Waals surface area contributed by atoms with Crippen molar-refractivity contribution in [1.82, 2.24) is 4.90 Å². The van der Waals surface area contributed by atoms with Gasteiger partial charge in [0.2, 0.25) is 0 Å². The van der Waals surface area contributed by atoms with Crippen molar-refractivity contribution in [3.8, 4) is 0 Å². The van der Waals surface area contributed by atoms with Crippen molar-refractivity contribution in [2.75, 3.05) is 13.1 Å². The number of benzene rings is 1. The fraction of sp³-hybridized carbons (Fsp3) is 0.500. The normalized spacial score (nSPS) is 22.3.